The van der Waals surface area contributed by atoms with E-state index in [0.717, 1.165) is 5.69 Å². The first-order valence-electron chi connectivity index (χ1n) is 13.3. The number of H-pyrrole nitrogens is 1. The number of fused-ring (bicyclic) bond motifs is 1. The summed E-state index contributed by atoms with van der Waals surface area (Å²) in [7, 11) is 3.09. The lowest BCUT2D eigenvalue weighted by atomic mass is 9.89. The van der Waals surface area contributed by atoms with Crippen molar-refractivity contribution in [1.82, 2.24) is 14.5 Å². The number of aryl methyl sites for hydroxylation is 3. The van der Waals surface area contributed by atoms with Gasteiger partial charge in [0.2, 0.25) is 6.29 Å². The van der Waals surface area contributed by atoms with Crippen molar-refractivity contribution in [3.8, 4) is 11.5 Å². The number of aromatic hydroxyl groups is 1. The number of imidazole rings is 1. The summed E-state index contributed by atoms with van der Waals surface area (Å²) < 4.78 is 30.4. The van der Waals surface area contributed by atoms with Gasteiger partial charge in [-0.1, -0.05) is 0 Å². The number of amides is 1. The minimum Gasteiger partial charge on any atom is -0.505 e. The Morgan fingerprint density at radius 3 is 2.56 bits per heavy atom. The fourth-order valence-corrected chi connectivity index (χ4v) is 5.06. The normalized spacial score (nSPS) is 21.5. The van der Waals surface area contributed by atoms with Crippen molar-refractivity contribution in [2.75, 3.05) is 12.4 Å². The van der Waals surface area contributed by atoms with Crippen LogP contribution in [0.1, 0.15) is 46.1 Å². The number of aliphatic hydroxyl groups excluding tert-OH is 1. The molecule has 4 heterocycles. The molecule has 0 spiro atoms. The van der Waals surface area contributed by atoms with Gasteiger partial charge in [0.05, 0.1) is 17.3 Å². The molecule has 43 heavy (non-hydrogen) atoms. The summed E-state index contributed by atoms with van der Waals surface area (Å²) in [6, 6.07) is 6.20. The maximum Gasteiger partial charge on any atom is 0.364 e. The molecule has 1 amide bonds. The van der Waals surface area contributed by atoms with Gasteiger partial charge in [0.15, 0.2) is 23.6 Å². The monoisotopic (exact) mass is 596 g/mol. The number of ether oxygens (including phenoxy) is 4. The van der Waals surface area contributed by atoms with Crippen LogP contribution in [0.25, 0.3) is 11.0 Å². The Morgan fingerprint density at radius 1 is 1.19 bits per heavy atom. The number of hydrogen-bond donors (Lipinski definition) is 4. The summed E-state index contributed by atoms with van der Waals surface area (Å²) in [6.45, 7) is 6.77. The third kappa shape index (κ3) is 5.59. The van der Waals surface area contributed by atoms with Crippen molar-refractivity contribution in [2.45, 2.75) is 57.9 Å². The van der Waals surface area contributed by atoms with E-state index in [0.29, 0.717) is 5.56 Å². The fourth-order valence-electron chi connectivity index (χ4n) is 5.06. The molecule has 14 nitrogen and oxygen atoms in total. The van der Waals surface area contributed by atoms with Gasteiger partial charge in [-0.05, 0) is 52.0 Å². The van der Waals surface area contributed by atoms with Crippen molar-refractivity contribution >= 4 is 28.5 Å². The number of carbonyl (C=O) groups excluding carboxylic acids is 2. The number of benzene rings is 1. The Kier molecular flexibility index (Phi) is 7.77. The quantitative estimate of drug-likeness (QED) is 0.181. The molecule has 0 saturated carbocycles. The first kappa shape index (κ1) is 29.8. The summed E-state index contributed by atoms with van der Waals surface area (Å²) >= 11 is 0. The minimum absolute atomic E-state index is 0.0137. The van der Waals surface area contributed by atoms with Crippen LogP contribution in [0.4, 0.5) is 5.69 Å². The lowest BCUT2D eigenvalue weighted by Gasteiger charge is -2.47. The predicted molar refractivity (Wildman–Crippen MR) is 151 cm³/mol. The molecule has 1 aliphatic rings. The molecule has 4 aromatic rings. The molecule has 3 aromatic heterocycles. The van der Waals surface area contributed by atoms with E-state index in [4.69, 9.17) is 23.4 Å². The summed E-state index contributed by atoms with van der Waals surface area (Å²) in [4.78, 5) is 45.0. The van der Waals surface area contributed by atoms with Crippen LogP contribution in [0.5, 0.6) is 11.5 Å². The number of methoxy groups -OCH3 is 1. The third-order valence-corrected chi connectivity index (χ3v) is 7.23. The van der Waals surface area contributed by atoms with E-state index < -0.39 is 59.1 Å². The number of anilines is 1. The maximum absolute atomic E-state index is 12.9. The van der Waals surface area contributed by atoms with Crippen LogP contribution in [0, 0.1) is 13.8 Å². The molecule has 4 N–H and O–H groups in total. The lowest BCUT2D eigenvalue weighted by molar-refractivity contribution is -0.305. The number of rotatable bonds is 7. The van der Waals surface area contributed by atoms with Gasteiger partial charge in [-0.2, -0.15) is 0 Å². The number of aliphatic hydroxyl groups is 1. The highest BCUT2D eigenvalue weighted by molar-refractivity contribution is 6.05. The number of aromatic amines is 1. The number of nitrogens with one attached hydrogen (secondary N) is 2. The Bertz CT molecular complexity index is 1750. The topological polar surface area (TPSA) is 187 Å². The second kappa shape index (κ2) is 11.2. The van der Waals surface area contributed by atoms with Crippen LogP contribution in [-0.2, 0) is 21.3 Å². The van der Waals surface area contributed by atoms with Crippen LogP contribution in [0.15, 0.2) is 46.0 Å². The zero-order valence-corrected chi connectivity index (χ0v) is 24.3. The van der Waals surface area contributed by atoms with Crippen LogP contribution in [-0.4, -0.2) is 73.9 Å². The molecule has 0 aliphatic carbocycles. The minimum atomic E-state index is -1.49. The number of aromatic nitrogens is 3. The summed E-state index contributed by atoms with van der Waals surface area (Å²) in [6.07, 6.45) is -1.98. The van der Waals surface area contributed by atoms with E-state index in [1.807, 2.05) is 0 Å². The molecule has 1 fully saturated rings. The number of esters is 1. The van der Waals surface area contributed by atoms with E-state index in [-0.39, 0.29) is 28.1 Å². The molecule has 0 unspecified atom stereocenters. The standard InChI is InChI=1S/C29H32N4O10/c1-13-7-9-16(31-13)26(37)42-23-21(35)28(43-29(3,4)24(23)39-6)40-18-10-8-15-20(34)19(27(38)41-22(15)14(18)2)32-25(36)17-11-33(5)12-30-17/h7-12,21,23-24,28,31,34-35H,1-6H3,(H,32,36)/t21-,23+,24-,28-/m1/s1. The van der Waals surface area contributed by atoms with Gasteiger partial charge in [-0.3, -0.25) is 4.79 Å². The van der Waals surface area contributed by atoms with Crippen molar-refractivity contribution in [3.05, 3.63) is 69.9 Å². The molecule has 14 heteroatoms. The molecule has 4 atom stereocenters. The van der Waals surface area contributed by atoms with Gasteiger partial charge >= 0.3 is 11.6 Å². The zero-order valence-electron chi connectivity index (χ0n) is 24.3. The van der Waals surface area contributed by atoms with Gasteiger partial charge in [0.25, 0.3) is 5.91 Å². The van der Waals surface area contributed by atoms with Crippen molar-refractivity contribution < 1.29 is 43.2 Å². The Morgan fingerprint density at radius 2 is 1.93 bits per heavy atom. The largest absolute Gasteiger partial charge is 0.505 e. The van der Waals surface area contributed by atoms with Crippen LogP contribution in [0.3, 0.4) is 0 Å². The van der Waals surface area contributed by atoms with E-state index in [2.05, 4.69) is 15.3 Å². The third-order valence-electron chi connectivity index (χ3n) is 7.23. The number of carbonyl (C=O) groups is 2. The average molecular weight is 597 g/mol. The second-order valence-electron chi connectivity index (χ2n) is 10.8. The number of nitrogens with zero attached hydrogens (tertiary/aromatic N) is 2. The van der Waals surface area contributed by atoms with Crippen molar-refractivity contribution in [1.29, 1.82) is 0 Å². The SMILES string of the molecule is CO[C@@H]1[C@@H](OC(=O)c2ccc(C)[nH]2)[C@@H](O)[C@H](Oc2ccc3c(O)c(NC(=O)c4cn(C)cn4)c(=O)oc3c2C)OC1(C)C. The maximum atomic E-state index is 12.9. The summed E-state index contributed by atoms with van der Waals surface area (Å²) in [5, 5.41) is 24.6. The Hall–Kier alpha value is -4.66. The molecule has 1 saturated heterocycles. The van der Waals surface area contributed by atoms with Crippen molar-refractivity contribution in [3.63, 3.8) is 0 Å². The first-order valence-corrected chi connectivity index (χ1v) is 13.3. The van der Waals surface area contributed by atoms with Crippen LogP contribution >= 0.6 is 0 Å². The van der Waals surface area contributed by atoms with E-state index >= 15 is 0 Å². The molecule has 5 rings (SSSR count). The molecule has 1 aliphatic heterocycles. The molecule has 0 radical (unpaired) electrons. The smallest absolute Gasteiger partial charge is 0.364 e. The average Bonchev–Trinajstić information content (AvgIpc) is 3.59. The van der Waals surface area contributed by atoms with Crippen LogP contribution < -0.4 is 15.7 Å². The predicted octanol–water partition coefficient (Wildman–Crippen LogP) is 2.54. The Labute approximate surface area is 245 Å². The second-order valence-corrected chi connectivity index (χ2v) is 10.8. The van der Waals surface area contributed by atoms with E-state index in [1.54, 1.807) is 51.4 Å². The van der Waals surface area contributed by atoms with Crippen LogP contribution in [0.2, 0.25) is 0 Å². The van der Waals surface area contributed by atoms with E-state index in [1.165, 1.54) is 31.8 Å². The van der Waals surface area contributed by atoms with Crippen molar-refractivity contribution in [2.24, 2.45) is 7.05 Å². The zero-order chi connectivity index (χ0) is 31.2. The van der Waals surface area contributed by atoms with Gasteiger partial charge in [-0.25, -0.2) is 14.6 Å². The highest BCUT2D eigenvalue weighted by atomic mass is 16.7. The molecule has 228 valence electrons. The summed E-state index contributed by atoms with van der Waals surface area (Å²) in [5.41, 5.74) is -1.24. The molecular weight excluding hydrogens is 564 g/mol. The lowest BCUT2D eigenvalue weighted by Crippen LogP contribution is -2.65. The van der Waals surface area contributed by atoms with Gasteiger partial charge in [0.1, 0.15) is 28.8 Å². The first-order chi connectivity index (χ1) is 20.3. The van der Waals surface area contributed by atoms with Gasteiger partial charge in [0, 0.05) is 31.6 Å². The molecular formula is C29H32N4O10. The Balaban J connectivity index is 1.42. The number of hydrogen-bond acceptors (Lipinski definition) is 11. The highest BCUT2D eigenvalue weighted by Crippen LogP contribution is 2.38. The molecule has 1 aromatic carbocycles. The van der Waals surface area contributed by atoms with Gasteiger partial charge < -0.3 is 48.4 Å². The summed E-state index contributed by atoms with van der Waals surface area (Å²) in [5.74, 6) is -1.75. The molecule has 0 bridgehead atoms. The van der Waals surface area contributed by atoms with Gasteiger partial charge in [-0.15, -0.1) is 0 Å². The fraction of sp³-hybridized carbons (Fsp3) is 0.379. The van der Waals surface area contributed by atoms with E-state index in [9.17, 15) is 24.6 Å². The highest BCUT2D eigenvalue weighted by Gasteiger charge is 2.53.